The van der Waals surface area contributed by atoms with E-state index in [9.17, 15) is 5.11 Å². The normalized spacial score (nSPS) is 15.3. The molecule has 2 N–H and O–H groups in total. The van der Waals surface area contributed by atoms with Gasteiger partial charge in [0.1, 0.15) is 17.6 Å². The summed E-state index contributed by atoms with van der Waals surface area (Å²) in [4.78, 5) is 8.82. The molecule has 1 atom stereocenters. The predicted octanol–water partition coefficient (Wildman–Crippen LogP) is 3.86. The van der Waals surface area contributed by atoms with Crippen molar-refractivity contribution in [3.63, 3.8) is 0 Å². The average molecular weight is 359 g/mol. The minimum atomic E-state index is -0.323. The van der Waals surface area contributed by atoms with Crippen molar-refractivity contribution < 1.29 is 9.84 Å². The second-order valence-corrected chi connectivity index (χ2v) is 6.46. The number of nitrogens with zero attached hydrogens (tertiary/aromatic N) is 2. The van der Waals surface area contributed by atoms with Crippen LogP contribution in [0.1, 0.15) is 17.2 Å². The number of rotatable bonds is 5. The number of methoxy groups -OCH3 is 1. The van der Waals surface area contributed by atoms with Gasteiger partial charge in [-0.3, -0.25) is 9.98 Å². The molecule has 2 heterocycles. The van der Waals surface area contributed by atoms with E-state index >= 15 is 0 Å². The van der Waals surface area contributed by atoms with Crippen LogP contribution >= 0.6 is 0 Å². The molecule has 27 heavy (non-hydrogen) atoms. The molecule has 0 saturated carbocycles. The Kier molecular flexibility index (Phi) is 4.85. The number of ether oxygens (including phenoxy) is 1. The monoisotopic (exact) mass is 359 g/mol. The number of aromatic nitrogens is 1. The number of aliphatic hydroxyl groups excluding tert-OH is 1. The van der Waals surface area contributed by atoms with Gasteiger partial charge < -0.3 is 15.2 Å². The number of pyridine rings is 1. The van der Waals surface area contributed by atoms with Gasteiger partial charge in [0.25, 0.3) is 0 Å². The number of hydrogen-bond donors (Lipinski definition) is 2. The van der Waals surface area contributed by atoms with Crippen molar-refractivity contribution in [3.8, 4) is 16.9 Å². The summed E-state index contributed by atoms with van der Waals surface area (Å²) in [5, 5.41) is 13.2. The lowest BCUT2D eigenvalue weighted by atomic mass is 10.0. The van der Waals surface area contributed by atoms with Crippen LogP contribution in [-0.4, -0.2) is 29.6 Å². The maximum Gasteiger partial charge on any atom is 0.119 e. The van der Waals surface area contributed by atoms with Gasteiger partial charge >= 0.3 is 0 Å². The fourth-order valence-electron chi connectivity index (χ4n) is 3.29. The lowest BCUT2D eigenvalue weighted by Gasteiger charge is -2.12. The van der Waals surface area contributed by atoms with Gasteiger partial charge in [0.15, 0.2) is 0 Å². The molecule has 1 aliphatic heterocycles. The Morgan fingerprint density at radius 1 is 1.11 bits per heavy atom. The fraction of sp³-hybridized carbons (Fsp3) is 0.182. The molecule has 1 aromatic heterocycles. The smallest absolute Gasteiger partial charge is 0.119 e. The Morgan fingerprint density at radius 3 is 2.74 bits per heavy atom. The lowest BCUT2D eigenvalue weighted by molar-refractivity contribution is 0.268. The molecule has 0 aliphatic carbocycles. The molecule has 3 aromatic rings. The van der Waals surface area contributed by atoms with E-state index in [-0.39, 0.29) is 12.6 Å². The van der Waals surface area contributed by atoms with Crippen molar-refractivity contribution in [2.24, 2.45) is 4.99 Å². The first kappa shape index (κ1) is 17.2. The molecule has 136 valence electrons. The fourth-order valence-corrected chi connectivity index (χ4v) is 3.29. The van der Waals surface area contributed by atoms with Crippen LogP contribution in [0.15, 0.2) is 72.0 Å². The zero-order chi connectivity index (χ0) is 18.6. The number of benzene rings is 2. The van der Waals surface area contributed by atoms with E-state index in [1.807, 2.05) is 36.4 Å². The average Bonchev–Trinajstić information content (AvgIpc) is 3.14. The summed E-state index contributed by atoms with van der Waals surface area (Å²) >= 11 is 0. The van der Waals surface area contributed by atoms with Gasteiger partial charge in [-0.15, -0.1) is 0 Å². The summed E-state index contributed by atoms with van der Waals surface area (Å²) in [6.45, 7) is -0.0586. The standard InChI is InChI=1S/C22H21N3O2/c1-27-19-4-2-3-17(11-19)21(14-26)25-22-13-18-6-5-16(12-20(18)24-22)15-7-9-23-10-8-15/h2-12,21,26H,13-14H2,1H3,(H,24,25). The number of anilines is 1. The van der Waals surface area contributed by atoms with E-state index in [1.165, 1.54) is 5.56 Å². The van der Waals surface area contributed by atoms with Crippen LogP contribution in [0.25, 0.3) is 11.1 Å². The van der Waals surface area contributed by atoms with Gasteiger partial charge in [-0.25, -0.2) is 0 Å². The SMILES string of the molecule is COc1cccc(C(CO)N=C2Cc3ccc(-c4ccncc4)cc3N2)c1. The maximum atomic E-state index is 9.83. The van der Waals surface area contributed by atoms with Crippen LogP contribution in [0.2, 0.25) is 0 Å². The molecule has 2 aromatic carbocycles. The van der Waals surface area contributed by atoms with Crippen molar-refractivity contribution in [2.75, 3.05) is 19.0 Å². The molecule has 0 bridgehead atoms. The molecule has 0 spiro atoms. The van der Waals surface area contributed by atoms with Crippen molar-refractivity contribution >= 4 is 11.5 Å². The van der Waals surface area contributed by atoms with Gasteiger partial charge in [-0.2, -0.15) is 0 Å². The number of amidine groups is 1. The second-order valence-electron chi connectivity index (χ2n) is 6.46. The Labute approximate surface area is 158 Å². The van der Waals surface area contributed by atoms with Crippen LogP contribution < -0.4 is 10.1 Å². The lowest BCUT2D eigenvalue weighted by Crippen LogP contribution is -2.11. The zero-order valence-corrected chi connectivity index (χ0v) is 15.1. The maximum absolute atomic E-state index is 9.83. The third-order valence-corrected chi connectivity index (χ3v) is 4.72. The summed E-state index contributed by atoms with van der Waals surface area (Å²) in [6, 6.07) is 17.7. The van der Waals surface area contributed by atoms with Crippen molar-refractivity contribution in [1.29, 1.82) is 0 Å². The topological polar surface area (TPSA) is 66.7 Å². The van der Waals surface area contributed by atoms with E-state index in [0.717, 1.165) is 40.4 Å². The Bertz CT molecular complexity index is 970. The van der Waals surface area contributed by atoms with Crippen LogP contribution in [0.4, 0.5) is 5.69 Å². The number of fused-ring (bicyclic) bond motifs is 1. The van der Waals surface area contributed by atoms with E-state index in [0.29, 0.717) is 0 Å². The number of hydrogen-bond acceptors (Lipinski definition) is 4. The highest BCUT2D eigenvalue weighted by Crippen LogP contribution is 2.31. The number of aliphatic hydroxyl groups is 1. The van der Waals surface area contributed by atoms with Crippen molar-refractivity contribution in [2.45, 2.75) is 12.5 Å². The third-order valence-electron chi connectivity index (χ3n) is 4.72. The first-order valence-corrected chi connectivity index (χ1v) is 8.88. The molecular weight excluding hydrogens is 338 g/mol. The molecule has 4 rings (SSSR count). The molecule has 0 radical (unpaired) electrons. The Morgan fingerprint density at radius 2 is 1.96 bits per heavy atom. The van der Waals surface area contributed by atoms with Crippen LogP contribution in [0.3, 0.4) is 0 Å². The quantitative estimate of drug-likeness (QED) is 0.726. The molecule has 0 fully saturated rings. The zero-order valence-electron chi connectivity index (χ0n) is 15.1. The van der Waals surface area contributed by atoms with E-state index < -0.39 is 0 Å². The molecule has 1 unspecified atom stereocenters. The van der Waals surface area contributed by atoms with Gasteiger partial charge in [-0.1, -0.05) is 24.3 Å². The first-order valence-electron chi connectivity index (χ1n) is 8.88. The first-order chi connectivity index (χ1) is 13.3. The summed E-state index contributed by atoms with van der Waals surface area (Å²) in [7, 11) is 1.63. The van der Waals surface area contributed by atoms with Crippen LogP contribution in [-0.2, 0) is 6.42 Å². The molecule has 0 amide bonds. The van der Waals surface area contributed by atoms with Crippen LogP contribution in [0.5, 0.6) is 5.75 Å². The highest BCUT2D eigenvalue weighted by molar-refractivity contribution is 6.03. The second kappa shape index (κ2) is 7.60. The Balaban J connectivity index is 1.58. The molecule has 5 nitrogen and oxygen atoms in total. The summed E-state index contributed by atoms with van der Waals surface area (Å²) in [5.41, 5.74) is 5.46. The summed E-state index contributed by atoms with van der Waals surface area (Å²) < 4.78 is 5.28. The van der Waals surface area contributed by atoms with E-state index in [4.69, 9.17) is 9.73 Å². The third kappa shape index (κ3) is 3.68. The minimum Gasteiger partial charge on any atom is -0.497 e. The predicted molar refractivity (Wildman–Crippen MR) is 107 cm³/mol. The number of nitrogens with one attached hydrogen (secondary N) is 1. The minimum absolute atomic E-state index is 0.0586. The largest absolute Gasteiger partial charge is 0.497 e. The number of aliphatic imine (C=N–C) groups is 1. The van der Waals surface area contributed by atoms with E-state index in [2.05, 4.69) is 28.5 Å². The van der Waals surface area contributed by atoms with Crippen molar-refractivity contribution in [1.82, 2.24) is 4.98 Å². The molecule has 5 heteroatoms. The summed E-state index contributed by atoms with van der Waals surface area (Å²) in [6.07, 6.45) is 4.32. The van der Waals surface area contributed by atoms with E-state index in [1.54, 1.807) is 19.5 Å². The van der Waals surface area contributed by atoms with Crippen molar-refractivity contribution in [3.05, 3.63) is 78.1 Å². The molecular formula is C22H21N3O2. The Hall–Kier alpha value is -3.18. The van der Waals surface area contributed by atoms with Gasteiger partial charge in [-0.05, 0) is 52.6 Å². The summed E-state index contributed by atoms with van der Waals surface area (Å²) in [5.74, 6) is 1.62. The molecule has 0 saturated heterocycles. The molecule has 1 aliphatic rings. The highest BCUT2D eigenvalue weighted by Gasteiger charge is 2.19. The highest BCUT2D eigenvalue weighted by atomic mass is 16.5. The van der Waals surface area contributed by atoms with Gasteiger partial charge in [0.05, 0.1) is 13.7 Å². The van der Waals surface area contributed by atoms with Gasteiger partial charge in [0.2, 0.25) is 0 Å². The van der Waals surface area contributed by atoms with Crippen LogP contribution in [0, 0.1) is 0 Å². The van der Waals surface area contributed by atoms with Gasteiger partial charge in [0, 0.05) is 24.5 Å².